The number of nitrogens with zero attached hydrogens (tertiary/aromatic N) is 1. The number of halogens is 1. The van der Waals surface area contributed by atoms with Crippen LogP contribution in [0.3, 0.4) is 0 Å². The molecule has 1 heterocycles. The van der Waals surface area contributed by atoms with Crippen LogP contribution in [0.5, 0.6) is 0 Å². The number of benzene rings is 3. The molecule has 0 saturated carbocycles. The lowest BCUT2D eigenvalue weighted by atomic mass is 9.92. The van der Waals surface area contributed by atoms with Crippen molar-refractivity contribution in [2.24, 2.45) is 4.99 Å². The topological polar surface area (TPSA) is 77.0 Å². The van der Waals surface area contributed by atoms with Gasteiger partial charge in [0.1, 0.15) is 12.4 Å². The standard InChI is InChI=1S/C31H35FN2O4Si/c1-31(2,3)39(4,5)38-20-23-14-10-16-25-26(23)18-27(35)29(33-28(25)22-13-9-15-24(32)17-22)34-30(36)37-19-21-11-7-6-8-12-21/h6-17,29H,18-20H2,1-5H3,(H,34,36). The summed E-state index contributed by atoms with van der Waals surface area (Å²) in [6.45, 7) is 11.3. The van der Waals surface area contributed by atoms with E-state index in [0.717, 1.165) is 16.7 Å². The van der Waals surface area contributed by atoms with Crippen LogP contribution >= 0.6 is 0 Å². The summed E-state index contributed by atoms with van der Waals surface area (Å²) in [4.78, 5) is 30.8. The monoisotopic (exact) mass is 546 g/mol. The molecule has 1 N–H and O–H groups in total. The van der Waals surface area contributed by atoms with E-state index in [1.165, 1.54) is 12.1 Å². The Hall–Kier alpha value is -3.62. The Labute approximate surface area is 230 Å². The first-order valence-corrected chi connectivity index (χ1v) is 15.9. The maximum absolute atomic E-state index is 14.3. The number of carbonyl (C=O) groups is 2. The molecule has 6 nitrogen and oxygen atoms in total. The van der Waals surface area contributed by atoms with E-state index in [4.69, 9.17) is 9.16 Å². The van der Waals surface area contributed by atoms with E-state index in [2.05, 4.69) is 44.2 Å². The molecule has 1 aliphatic heterocycles. The molecule has 0 spiro atoms. The lowest BCUT2D eigenvalue weighted by molar-refractivity contribution is -0.120. The molecular weight excluding hydrogens is 511 g/mol. The highest BCUT2D eigenvalue weighted by molar-refractivity contribution is 6.74. The van der Waals surface area contributed by atoms with Gasteiger partial charge in [0.2, 0.25) is 0 Å². The molecule has 204 valence electrons. The zero-order chi connectivity index (χ0) is 28.2. The van der Waals surface area contributed by atoms with Crippen molar-refractivity contribution < 1.29 is 23.1 Å². The fourth-order valence-corrected chi connectivity index (χ4v) is 5.02. The average Bonchev–Trinajstić information content (AvgIpc) is 3.02. The molecule has 39 heavy (non-hydrogen) atoms. The van der Waals surface area contributed by atoms with Gasteiger partial charge >= 0.3 is 6.09 Å². The van der Waals surface area contributed by atoms with Crippen molar-refractivity contribution in [1.82, 2.24) is 5.32 Å². The summed E-state index contributed by atoms with van der Waals surface area (Å²) in [5.41, 5.74) is 4.12. The number of Topliss-reactive ketones (excluding diaryl/α,β-unsaturated/α-hetero) is 1. The van der Waals surface area contributed by atoms with Crippen molar-refractivity contribution in [1.29, 1.82) is 0 Å². The Kier molecular flexibility index (Phi) is 8.47. The summed E-state index contributed by atoms with van der Waals surface area (Å²) in [6, 6.07) is 21.0. The summed E-state index contributed by atoms with van der Waals surface area (Å²) in [6.07, 6.45) is -1.90. The zero-order valence-electron chi connectivity index (χ0n) is 23.1. The second-order valence-corrected chi connectivity index (χ2v) is 16.0. The summed E-state index contributed by atoms with van der Waals surface area (Å²) in [5, 5.41) is 2.63. The number of alkyl carbamates (subject to hydrolysis) is 1. The maximum atomic E-state index is 14.3. The number of hydrogen-bond donors (Lipinski definition) is 1. The lowest BCUT2D eigenvalue weighted by Crippen LogP contribution is -2.41. The van der Waals surface area contributed by atoms with Crippen molar-refractivity contribution in [3.8, 4) is 0 Å². The van der Waals surface area contributed by atoms with Crippen molar-refractivity contribution in [3.05, 3.63) is 106 Å². The van der Waals surface area contributed by atoms with Gasteiger partial charge in [0, 0.05) is 17.5 Å². The zero-order valence-corrected chi connectivity index (χ0v) is 24.1. The van der Waals surface area contributed by atoms with E-state index in [9.17, 15) is 14.0 Å². The number of fused-ring (bicyclic) bond motifs is 1. The van der Waals surface area contributed by atoms with Crippen LogP contribution in [-0.4, -0.2) is 32.1 Å². The van der Waals surface area contributed by atoms with Gasteiger partial charge in [-0.25, -0.2) is 9.18 Å². The van der Waals surface area contributed by atoms with Gasteiger partial charge in [0.05, 0.1) is 12.3 Å². The van der Waals surface area contributed by atoms with E-state index in [1.54, 1.807) is 12.1 Å². The quantitative estimate of drug-likeness (QED) is 0.341. The van der Waals surface area contributed by atoms with E-state index < -0.39 is 26.4 Å². The van der Waals surface area contributed by atoms with Crippen LogP contribution in [0.15, 0.2) is 77.8 Å². The second kappa shape index (κ2) is 11.6. The van der Waals surface area contributed by atoms with Crippen molar-refractivity contribution in [2.75, 3.05) is 0 Å². The molecule has 3 aromatic rings. The average molecular weight is 547 g/mol. The van der Waals surface area contributed by atoms with E-state index in [-0.39, 0.29) is 23.8 Å². The highest BCUT2D eigenvalue weighted by atomic mass is 28.4. The van der Waals surface area contributed by atoms with Crippen LogP contribution < -0.4 is 5.32 Å². The molecule has 0 radical (unpaired) electrons. The number of ketones is 1. The molecule has 3 aromatic carbocycles. The smallest absolute Gasteiger partial charge is 0.409 e. The van der Waals surface area contributed by atoms with Gasteiger partial charge in [-0.1, -0.05) is 81.4 Å². The lowest BCUT2D eigenvalue weighted by Gasteiger charge is -2.36. The number of rotatable bonds is 7. The van der Waals surface area contributed by atoms with Gasteiger partial charge in [-0.2, -0.15) is 0 Å². The largest absolute Gasteiger partial charge is 0.445 e. The molecule has 8 heteroatoms. The van der Waals surface area contributed by atoms with Crippen LogP contribution in [0.4, 0.5) is 9.18 Å². The Morgan fingerprint density at radius 3 is 2.44 bits per heavy atom. The van der Waals surface area contributed by atoms with Gasteiger partial charge in [0.25, 0.3) is 0 Å². The van der Waals surface area contributed by atoms with Crippen LogP contribution in [-0.2, 0) is 33.6 Å². The summed E-state index contributed by atoms with van der Waals surface area (Å²) in [5.74, 6) is -0.712. The summed E-state index contributed by atoms with van der Waals surface area (Å²) in [7, 11) is -2.06. The van der Waals surface area contributed by atoms with Gasteiger partial charge in [-0.05, 0) is 47.0 Å². The second-order valence-electron chi connectivity index (χ2n) is 11.2. The number of ether oxygens (including phenoxy) is 1. The summed E-state index contributed by atoms with van der Waals surface area (Å²) < 4.78 is 26.1. The molecule has 1 unspecified atom stereocenters. The first-order chi connectivity index (χ1) is 18.4. The fraction of sp³-hybridized carbons (Fsp3) is 0.323. The maximum Gasteiger partial charge on any atom is 0.409 e. The molecule has 1 atom stereocenters. The Balaban J connectivity index is 1.66. The van der Waals surface area contributed by atoms with Crippen LogP contribution in [0.2, 0.25) is 18.1 Å². The van der Waals surface area contributed by atoms with Gasteiger partial charge in [-0.15, -0.1) is 0 Å². The third kappa shape index (κ3) is 6.88. The number of nitrogens with one attached hydrogen (secondary N) is 1. The first-order valence-electron chi connectivity index (χ1n) is 13.0. The molecule has 1 amide bonds. The van der Waals surface area contributed by atoms with E-state index in [1.807, 2.05) is 48.5 Å². The van der Waals surface area contributed by atoms with Gasteiger partial charge in [-0.3, -0.25) is 15.1 Å². The number of amides is 1. The van der Waals surface area contributed by atoms with Crippen molar-refractivity contribution >= 4 is 25.9 Å². The third-order valence-corrected chi connectivity index (χ3v) is 11.9. The van der Waals surface area contributed by atoms with Crippen LogP contribution in [0.1, 0.15) is 48.6 Å². The molecule has 4 rings (SSSR count). The molecule has 0 fully saturated rings. The molecular formula is C31H35FN2O4Si. The third-order valence-electron chi connectivity index (χ3n) is 7.40. The Morgan fingerprint density at radius 1 is 1.03 bits per heavy atom. The van der Waals surface area contributed by atoms with E-state index in [0.29, 0.717) is 23.4 Å². The minimum atomic E-state index is -2.06. The van der Waals surface area contributed by atoms with Gasteiger partial charge in [0.15, 0.2) is 20.3 Å². The van der Waals surface area contributed by atoms with Gasteiger partial charge < -0.3 is 9.16 Å². The van der Waals surface area contributed by atoms with Crippen molar-refractivity contribution in [3.63, 3.8) is 0 Å². The minimum absolute atomic E-state index is 0.0257. The molecule has 0 saturated heterocycles. The summed E-state index contributed by atoms with van der Waals surface area (Å²) >= 11 is 0. The number of hydrogen-bond acceptors (Lipinski definition) is 5. The molecule has 0 bridgehead atoms. The van der Waals surface area contributed by atoms with Crippen LogP contribution in [0, 0.1) is 5.82 Å². The highest BCUT2D eigenvalue weighted by Gasteiger charge is 2.37. The SMILES string of the molecule is CC(C)(C)[Si](C)(C)OCc1cccc2c1CC(=O)C(NC(=O)OCc1ccccc1)N=C2c1cccc(F)c1. The predicted molar refractivity (Wildman–Crippen MR) is 153 cm³/mol. The molecule has 0 aliphatic carbocycles. The fourth-order valence-electron chi connectivity index (χ4n) is 4.07. The van der Waals surface area contributed by atoms with E-state index >= 15 is 0 Å². The molecule has 0 aromatic heterocycles. The first kappa shape index (κ1) is 28.4. The highest BCUT2D eigenvalue weighted by Crippen LogP contribution is 2.37. The molecule has 1 aliphatic rings. The number of aliphatic imine (C=N–C) groups is 1. The Morgan fingerprint density at radius 2 is 1.74 bits per heavy atom. The van der Waals surface area contributed by atoms with Crippen LogP contribution in [0.25, 0.3) is 0 Å². The predicted octanol–water partition coefficient (Wildman–Crippen LogP) is 6.56. The normalized spacial score (nSPS) is 15.7. The Bertz CT molecular complexity index is 1380. The minimum Gasteiger partial charge on any atom is -0.445 e. The number of carbonyl (C=O) groups excluding carboxylic acids is 2. The van der Waals surface area contributed by atoms with Crippen molar-refractivity contribution in [2.45, 2.75) is 64.7 Å².